The first-order valence-corrected chi connectivity index (χ1v) is 7.65. The van der Waals surface area contributed by atoms with Crippen molar-refractivity contribution in [3.63, 3.8) is 0 Å². The summed E-state index contributed by atoms with van der Waals surface area (Å²) in [4.78, 5) is 35.6. The Morgan fingerprint density at radius 1 is 1.26 bits per heavy atom. The van der Waals surface area contributed by atoms with Gasteiger partial charge in [0.2, 0.25) is 5.91 Å². The maximum atomic E-state index is 12.3. The lowest BCUT2D eigenvalue weighted by atomic mass is 10.2. The number of carbonyl (C=O) groups is 2. The Morgan fingerprint density at radius 3 is 2.48 bits per heavy atom. The minimum absolute atomic E-state index is 0.150. The third-order valence-corrected chi connectivity index (χ3v) is 3.45. The molecule has 2 rings (SSSR count). The molecule has 2 aromatic carbocycles. The molecule has 0 bridgehead atoms. The van der Waals surface area contributed by atoms with Crippen LogP contribution in [0.3, 0.4) is 0 Å². The van der Waals surface area contributed by atoms with Gasteiger partial charge in [-0.25, -0.2) is 0 Å². The number of non-ortho nitro benzene ring substituents is 1. The van der Waals surface area contributed by atoms with Gasteiger partial charge in [0, 0.05) is 42.3 Å². The number of anilines is 3. The van der Waals surface area contributed by atoms with E-state index in [1.165, 1.54) is 25.1 Å². The van der Waals surface area contributed by atoms with Crippen LogP contribution in [0.15, 0.2) is 60.3 Å². The zero-order chi connectivity index (χ0) is 20.0. The largest absolute Gasteiger partial charge is 0.399 e. The van der Waals surface area contributed by atoms with E-state index < -0.39 is 16.7 Å². The number of nitro benzene ring substituents is 1. The fraction of sp³-hybridized carbons (Fsp3) is 0.0556. The number of nitriles is 1. The molecule has 0 saturated heterocycles. The number of nitrogen functional groups attached to an aromatic ring is 1. The Morgan fingerprint density at radius 2 is 1.93 bits per heavy atom. The highest BCUT2D eigenvalue weighted by atomic mass is 16.6. The molecular weight excluding hydrogens is 350 g/mol. The van der Waals surface area contributed by atoms with Crippen LogP contribution in [-0.2, 0) is 9.59 Å². The molecule has 9 nitrogen and oxygen atoms in total. The Bertz CT molecular complexity index is 960. The van der Waals surface area contributed by atoms with Gasteiger partial charge in [-0.1, -0.05) is 6.07 Å². The van der Waals surface area contributed by atoms with Crippen LogP contribution >= 0.6 is 0 Å². The number of amides is 2. The molecule has 0 unspecified atom stereocenters. The van der Waals surface area contributed by atoms with Crippen LogP contribution in [0, 0.1) is 21.4 Å². The van der Waals surface area contributed by atoms with E-state index in [9.17, 15) is 25.0 Å². The summed E-state index contributed by atoms with van der Waals surface area (Å²) in [5, 5.41) is 22.5. The molecule has 3 N–H and O–H groups in total. The predicted octanol–water partition coefficient (Wildman–Crippen LogP) is 2.58. The molecule has 9 heteroatoms. The van der Waals surface area contributed by atoms with Crippen LogP contribution < -0.4 is 16.0 Å². The van der Waals surface area contributed by atoms with Gasteiger partial charge in [-0.3, -0.25) is 24.6 Å². The van der Waals surface area contributed by atoms with Crippen LogP contribution in [-0.4, -0.2) is 16.7 Å². The Labute approximate surface area is 154 Å². The average Bonchev–Trinajstić information content (AvgIpc) is 2.63. The predicted molar refractivity (Wildman–Crippen MR) is 99.4 cm³/mol. The number of nitrogens with one attached hydrogen (secondary N) is 1. The first-order valence-electron chi connectivity index (χ1n) is 7.65. The maximum Gasteiger partial charge on any atom is 0.271 e. The summed E-state index contributed by atoms with van der Waals surface area (Å²) in [6.07, 6.45) is 1.10. The van der Waals surface area contributed by atoms with E-state index in [4.69, 9.17) is 5.73 Å². The van der Waals surface area contributed by atoms with E-state index in [-0.39, 0.29) is 16.9 Å². The SMILES string of the molecule is CC(=O)N(/C=C(/C#N)C(=O)Nc1cccc([N+](=O)[O-])c1)c1ccc(N)cc1. The summed E-state index contributed by atoms with van der Waals surface area (Å²) in [6.45, 7) is 1.28. The van der Waals surface area contributed by atoms with E-state index in [0.717, 1.165) is 17.2 Å². The molecular formula is C18H15N5O4. The molecule has 0 aromatic heterocycles. The smallest absolute Gasteiger partial charge is 0.271 e. The molecule has 0 atom stereocenters. The Hall–Kier alpha value is -4.19. The first-order chi connectivity index (χ1) is 12.8. The Kier molecular flexibility index (Phi) is 5.86. The highest BCUT2D eigenvalue weighted by Gasteiger charge is 2.16. The van der Waals surface area contributed by atoms with Crippen molar-refractivity contribution >= 4 is 34.6 Å². The number of nitrogens with two attached hydrogens (primary N) is 1. The molecule has 0 heterocycles. The maximum absolute atomic E-state index is 12.3. The summed E-state index contributed by atoms with van der Waals surface area (Å²) in [7, 11) is 0. The molecule has 0 aliphatic carbocycles. The number of nitro groups is 1. The van der Waals surface area contributed by atoms with Gasteiger partial charge >= 0.3 is 0 Å². The third kappa shape index (κ3) is 4.90. The zero-order valence-electron chi connectivity index (χ0n) is 14.2. The molecule has 0 aliphatic heterocycles. The summed E-state index contributed by atoms with van der Waals surface area (Å²) in [6, 6.07) is 13.3. The number of hydrogen-bond donors (Lipinski definition) is 2. The van der Waals surface area contributed by atoms with Gasteiger partial charge in [0.25, 0.3) is 11.6 Å². The van der Waals surface area contributed by atoms with Gasteiger partial charge in [-0.2, -0.15) is 5.26 Å². The topological polar surface area (TPSA) is 142 Å². The quantitative estimate of drug-likeness (QED) is 0.274. The average molecular weight is 365 g/mol. The second-order valence-corrected chi connectivity index (χ2v) is 5.40. The van der Waals surface area contributed by atoms with E-state index in [2.05, 4.69) is 5.32 Å². The van der Waals surface area contributed by atoms with Crippen LogP contribution in [0.25, 0.3) is 0 Å². The number of nitrogens with zero attached hydrogens (tertiary/aromatic N) is 3. The lowest BCUT2D eigenvalue weighted by Crippen LogP contribution is -2.25. The highest BCUT2D eigenvalue weighted by molar-refractivity contribution is 6.08. The van der Waals surface area contributed by atoms with Crippen molar-refractivity contribution in [2.75, 3.05) is 16.0 Å². The Balaban J connectivity index is 2.30. The van der Waals surface area contributed by atoms with E-state index in [1.807, 2.05) is 0 Å². The van der Waals surface area contributed by atoms with Crippen LogP contribution in [0.1, 0.15) is 6.92 Å². The van der Waals surface area contributed by atoms with Crippen molar-refractivity contribution in [3.05, 3.63) is 70.4 Å². The standard InChI is InChI=1S/C18H15N5O4/c1-12(24)22(16-7-5-14(20)6-8-16)11-13(10-19)18(25)21-15-3-2-4-17(9-15)23(26)27/h2-9,11H,20H2,1H3,(H,21,25)/b13-11-. The number of hydrogen-bond acceptors (Lipinski definition) is 6. The van der Waals surface area contributed by atoms with Gasteiger partial charge in [0.15, 0.2) is 0 Å². The van der Waals surface area contributed by atoms with Gasteiger partial charge in [-0.05, 0) is 30.3 Å². The van der Waals surface area contributed by atoms with Crippen molar-refractivity contribution in [2.24, 2.45) is 0 Å². The van der Waals surface area contributed by atoms with Crippen LogP contribution in [0.4, 0.5) is 22.7 Å². The van der Waals surface area contributed by atoms with E-state index in [0.29, 0.717) is 11.4 Å². The van der Waals surface area contributed by atoms with Crippen LogP contribution in [0.2, 0.25) is 0 Å². The first kappa shape index (κ1) is 19.1. The normalized spacial score (nSPS) is 10.6. The molecule has 2 amide bonds. The van der Waals surface area contributed by atoms with Crippen molar-refractivity contribution in [2.45, 2.75) is 6.92 Å². The molecule has 27 heavy (non-hydrogen) atoms. The van der Waals surface area contributed by atoms with Crippen molar-refractivity contribution in [1.82, 2.24) is 0 Å². The summed E-state index contributed by atoms with van der Waals surface area (Å²) in [5.74, 6) is -1.23. The minimum Gasteiger partial charge on any atom is -0.399 e. The van der Waals surface area contributed by atoms with Crippen molar-refractivity contribution < 1.29 is 14.5 Å². The third-order valence-electron chi connectivity index (χ3n) is 3.45. The lowest BCUT2D eigenvalue weighted by Gasteiger charge is -2.17. The fourth-order valence-electron chi connectivity index (χ4n) is 2.15. The summed E-state index contributed by atoms with van der Waals surface area (Å²) in [5.41, 5.74) is 6.12. The number of benzene rings is 2. The monoisotopic (exact) mass is 365 g/mol. The second-order valence-electron chi connectivity index (χ2n) is 5.40. The molecule has 0 fully saturated rings. The lowest BCUT2D eigenvalue weighted by molar-refractivity contribution is -0.384. The number of rotatable bonds is 5. The van der Waals surface area contributed by atoms with Crippen molar-refractivity contribution in [3.8, 4) is 6.07 Å². The molecule has 0 spiro atoms. The fourth-order valence-corrected chi connectivity index (χ4v) is 2.15. The zero-order valence-corrected chi connectivity index (χ0v) is 14.2. The molecule has 0 saturated carbocycles. The highest BCUT2D eigenvalue weighted by Crippen LogP contribution is 2.20. The van der Waals surface area contributed by atoms with Gasteiger partial charge in [0.1, 0.15) is 11.6 Å². The summed E-state index contributed by atoms with van der Waals surface area (Å²) >= 11 is 0. The van der Waals surface area contributed by atoms with E-state index in [1.54, 1.807) is 30.3 Å². The molecule has 0 aliphatic rings. The van der Waals surface area contributed by atoms with Crippen molar-refractivity contribution in [1.29, 1.82) is 5.26 Å². The molecule has 0 radical (unpaired) electrons. The second kappa shape index (κ2) is 8.26. The van der Waals surface area contributed by atoms with E-state index >= 15 is 0 Å². The van der Waals surface area contributed by atoms with Gasteiger partial charge in [-0.15, -0.1) is 0 Å². The van der Waals surface area contributed by atoms with Gasteiger partial charge in [0.05, 0.1) is 4.92 Å². The van der Waals surface area contributed by atoms with Crippen LogP contribution in [0.5, 0.6) is 0 Å². The molecule has 2 aromatic rings. The summed E-state index contributed by atoms with van der Waals surface area (Å²) < 4.78 is 0. The number of carbonyl (C=O) groups excluding carboxylic acids is 2. The molecule has 136 valence electrons. The minimum atomic E-state index is -0.806. The van der Waals surface area contributed by atoms with Gasteiger partial charge < -0.3 is 11.1 Å².